The molecule has 1 heterocycles. The van der Waals surface area contributed by atoms with Crippen molar-refractivity contribution in [1.29, 1.82) is 0 Å². The Balaban J connectivity index is 1.61. The Kier molecular flexibility index (Phi) is 4.98. The maximum Gasteiger partial charge on any atom is 0.274 e. The first-order chi connectivity index (χ1) is 12.2. The summed E-state index contributed by atoms with van der Waals surface area (Å²) in [5, 5.41) is 10.6. The largest absolute Gasteiger partial charge is 0.288 e. The van der Waals surface area contributed by atoms with Crippen LogP contribution in [0.2, 0.25) is 0 Å². The number of nitrogens with one attached hydrogen (secondary N) is 2. The fourth-order valence-corrected chi connectivity index (χ4v) is 2.36. The highest BCUT2D eigenvalue weighted by Crippen LogP contribution is 2.16. The quantitative estimate of drug-likeness (QED) is 0.489. The zero-order valence-corrected chi connectivity index (χ0v) is 13.1. The molecule has 25 heavy (non-hydrogen) atoms. The second kappa shape index (κ2) is 7.52. The lowest BCUT2D eigenvalue weighted by atomic mass is 10.1. The molecule has 2 amide bonds. The Hall–Kier alpha value is -3.29. The van der Waals surface area contributed by atoms with Gasteiger partial charge in [0.05, 0.1) is 5.69 Å². The van der Waals surface area contributed by atoms with Crippen LogP contribution in [0.4, 0.5) is 0 Å². The van der Waals surface area contributed by atoms with E-state index in [-0.39, 0.29) is 12.2 Å². The molecule has 2 aromatic carbocycles. The van der Waals surface area contributed by atoms with E-state index in [1.807, 2.05) is 30.3 Å². The molecule has 7 heteroatoms. The van der Waals surface area contributed by atoms with Crippen molar-refractivity contribution in [1.82, 2.24) is 15.9 Å². The first-order valence-corrected chi connectivity index (χ1v) is 7.48. The van der Waals surface area contributed by atoms with Gasteiger partial charge in [-0.3, -0.25) is 24.6 Å². The molecule has 3 N–H and O–H groups in total. The molecule has 0 spiro atoms. The third kappa shape index (κ3) is 3.79. The van der Waals surface area contributed by atoms with Gasteiger partial charge in [-0.2, -0.15) is 0 Å². The van der Waals surface area contributed by atoms with E-state index in [0.717, 1.165) is 10.8 Å². The molecular weight excluding hydrogens is 322 g/mol. The van der Waals surface area contributed by atoms with Gasteiger partial charge in [-0.05, 0) is 35.7 Å². The van der Waals surface area contributed by atoms with Crippen LogP contribution >= 0.6 is 0 Å². The summed E-state index contributed by atoms with van der Waals surface area (Å²) in [6.07, 6.45) is 1.69. The van der Waals surface area contributed by atoms with E-state index in [1.165, 1.54) is 29.7 Å². The molecule has 0 bridgehead atoms. The predicted octanol–water partition coefficient (Wildman–Crippen LogP) is 2.22. The van der Waals surface area contributed by atoms with Gasteiger partial charge >= 0.3 is 0 Å². The topological polar surface area (TPSA) is 101 Å². The number of benzene rings is 2. The Labute approximate surface area is 143 Å². The molecule has 0 fully saturated rings. The molecule has 1 aromatic heterocycles. The molecule has 0 atom stereocenters. The number of fused-ring (bicyclic) bond motifs is 1. The predicted molar refractivity (Wildman–Crippen MR) is 89.7 cm³/mol. The molecule has 7 nitrogen and oxygen atoms in total. The summed E-state index contributed by atoms with van der Waals surface area (Å²) in [5.41, 5.74) is 5.14. The summed E-state index contributed by atoms with van der Waals surface area (Å²) < 4.78 is 0. The van der Waals surface area contributed by atoms with Crippen molar-refractivity contribution in [3.8, 4) is 0 Å². The number of amides is 2. The van der Waals surface area contributed by atoms with E-state index in [4.69, 9.17) is 10.0 Å². The summed E-state index contributed by atoms with van der Waals surface area (Å²) in [6, 6.07) is 15.4. The highest BCUT2D eigenvalue weighted by molar-refractivity contribution is 5.97. The van der Waals surface area contributed by atoms with Crippen LogP contribution in [0.1, 0.15) is 26.4 Å². The Morgan fingerprint density at radius 2 is 1.64 bits per heavy atom. The van der Waals surface area contributed by atoms with Crippen molar-refractivity contribution >= 4 is 22.6 Å². The molecule has 0 saturated carbocycles. The Morgan fingerprint density at radius 1 is 0.960 bits per heavy atom. The number of hydrogen-bond acceptors (Lipinski definition) is 5. The summed E-state index contributed by atoms with van der Waals surface area (Å²) in [7, 11) is 0. The van der Waals surface area contributed by atoms with E-state index in [0.29, 0.717) is 11.3 Å². The lowest BCUT2D eigenvalue weighted by Crippen LogP contribution is -2.24. The summed E-state index contributed by atoms with van der Waals surface area (Å²) in [4.78, 5) is 32.8. The summed E-state index contributed by atoms with van der Waals surface area (Å²) >= 11 is 0. The zero-order chi connectivity index (χ0) is 17.6. The number of pyridine rings is 1. The maximum absolute atomic E-state index is 12.0. The van der Waals surface area contributed by atoms with Crippen LogP contribution < -0.4 is 11.0 Å². The minimum absolute atomic E-state index is 0.123. The lowest BCUT2D eigenvalue weighted by molar-refractivity contribution is 0.0226. The minimum atomic E-state index is -0.648. The Morgan fingerprint density at radius 3 is 2.36 bits per heavy atom. The van der Waals surface area contributed by atoms with Crippen LogP contribution in [-0.2, 0) is 11.4 Å². The second-order valence-electron chi connectivity index (χ2n) is 5.22. The lowest BCUT2D eigenvalue weighted by Gasteiger charge is -2.08. The number of carbonyl (C=O) groups is 2. The van der Waals surface area contributed by atoms with Crippen LogP contribution in [-0.4, -0.2) is 22.0 Å². The molecule has 3 aromatic rings. The van der Waals surface area contributed by atoms with Gasteiger partial charge in [0.15, 0.2) is 0 Å². The van der Waals surface area contributed by atoms with Crippen molar-refractivity contribution in [3.63, 3.8) is 0 Å². The number of nitrogens with zero attached hydrogens (tertiary/aromatic N) is 1. The average molecular weight is 337 g/mol. The SMILES string of the molecule is O=C(NO)c1ccc(C(=O)NOCc2nccc3ccccc23)cc1. The minimum Gasteiger partial charge on any atom is -0.288 e. The van der Waals surface area contributed by atoms with Crippen molar-refractivity contribution in [2.45, 2.75) is 6.61 Å². The standard InChI is InChI=1S/C18H15N3O4/c22-17(20-24)13-5-7-14(8-6-13)18(23)21-25-11-16-15-4-2-1-3-12(15)9-10-19-16/h1-10,24H,11H2,(H,20,22)(H,21,23). The summed E-state index contributed by atoms with van der Waals surface area (Å²) in [6.45, 7) is 0.123. The van der Waals surface area contributed by atoms with Gasteiger partial charge in [-0.1, -0.05) is 24.3 Å². The third-order valence-corrected chi connectivity index (χ3v) is 3.64. The smallest absolute Gasteiger partial charge is 0.274 e. The van der Waals surface area contributed by atoms with E-state index < -0.39 is 11.8 Å². The van der Waals surface area contributed by atoms with Crippen LogP contribution in [0.25, 0.3) is 10.8 Å². The van der Waals surface area contributed by atoms with Crippen molar-refractivity contribution in [3.05, 3.63) is 77.6 Å². The van der Waals surface area contributed by atoms with E-state index in [9.17, 15) is 9.59 Å². The number of hydrogen-bond donors (Lipinski definition) is 3. The molecule has 0 aliphatic heterocycles. The van der Waals surface area contributed by atoms with E-state index in [1.54, 1.807) is 6.20 Å². The van der Waals surface area contributed by atoms with Gasteiger partial charge in [0, 0.05) is 22.7 Å². The fraction of sp³-hybridized carbons (Fsp3) is 0.0556. The van der Waals surface area contributed by atoms with Gasteiger partial charge in [-0.25, -0.2) is 11.0 Å². The van der Waals surface area contributed by atoms with Crippen molar-refractivity contribution in [2.75, 3.05) is 0 Å². The van der Waals surface area contributed by atoms with Crippen LogP contribution in [0.5, 0.6) is 0 Å². The first-order valence-electron chi connectivity index (χ1n) is 7.48. The zero-order valence-electron chi connectivity index (χ0n) is 13.1. The van der Waals surface area contributed by atoms with Gasteiger partial charge in [0.25, 0.3) is 11.8 Å². The normalized spacial score (nSPS) is 10.4. The molecule has 3 rings (SSSR count). The van der Waals surface area contributed by atoms with Gasteiger partial charge in [-0.15, -0.1) is 0 Å². The summed E-state index contributed by atoms with van der Waals surface area (Å²) in [5.74, 6) is -1.10. The number of hydroxylamine groups is 2. The molecule has 0 aliphatic rings. The number of rotatable bonds is 5. The third-order valence-electron chi connectivity index (χ3n) is 3.64. The number of aromatic nitrogens is 1. The van der Waals surface area contributed by atoms with Crippen molar-refractivity contribution < 1.29 is 19.6 Å². The highest BCUT2D eigenvalue weighted by Gasteiger charge is 2.09. The highest BCUT2D eigenvalue weighted by atomic mass is 16.6. The molecule has 0 unspecified atom stereocenters. The molecule has 126 valence electrons. The first kappa shape index (κ1) is 16.6. The molecule has 0 saturated heterocycles. The van der Waals surface area contributed by atoms with E-state index in [2.05, 4.69) is 10.5 Å². The monoisotopic (exact) mass is 337 g/mol. The molecule has 0 radical (unpaired) electrons. The number of carbonyl (C=O) groups excluding carboxylic acids is 2. The second-order valence-corrected chi connectivity index (χ2v) is 5.22. The van der Waals surface area contributed by atoms with E-state index >= 15 is 0 Å². The average Bonchev–Trinajstić information content (AvgIpc) is 2.67. The van der Waals surface area contributed by atoms with Gasteiger partial charge < -0.3 is 0 Å². The van der Waals surface area contributed by atoms with Crippen LogP contribution in [0.3, 0.4) is 0 Å². The van der Waals surface area contributed by atoms with Crippen LogP contribution in [0.15, 0.2) is 60.8 Å². The maximum atomic E-state index is 12.0. The van der Waals surface area contributed by atoms with Gasteiger partial charge in [0.1, 0.15) is 6.61 Å². The van der Waals surface area contributed by atoms with Crippen molar-refractivity contribution in [2.24, 2.45) is 0 Å². The van der Waals surface area contributed by atoms with Gasteiger partial charge in [0.2, 0.25) is 0 Å². The fourth-order valence-electron chi connectivity index (χ4n) is 2.36. The van der Waals surface area contributed by atoms with Crippen LogP contribution in [0, 0.1) is 0 Å². The Bertz CT molecular complexity index is 904. The molecule has 0 aliphatic carbocycles. The molecular formula is C18H15N3O4.